The van der Waals surface area contributed by atoms with Gasteiger partial charge in [-0.05, 0) is 91.0 Å². The third-order valence-electron chi connectivity index (χ3n) is 8.32. The van der Waals surface area contributed by atoms with Gasteiger partial charge in [0, 0.05) is 5.56 Å². The lowest BCUT2D eigenvalue weighted by molar-refractivity contribution is -0.143. The molecule has 3 aromatic rings. The number of amides is 1. The molecule has 3 aromatic carbocycles. The summed E-state index contributed by atoms with van der Waals surface area (Å²) >= 11 is 0. The van der Waals surface area contributed by atoms with Crippen molar-refractivity contribution in [2.75, 3.05) is 13.2 Å². The van der Waals surface area contributed by atoms with E-state index < -0.39 is 30.0 Å². The standard InChI is InChI=1S/C34H34F3NO5/c1-21-32(25-5-3-2-4-6-25)43-33(40)38(21)18-26-17-27(34(35,36)37)12-13-28(26)29-15-24(16-31(39)42-20-23-9-10-23)11-14-30(29)41-19-22-7-8-22/h2-6,11-15,17,21-23,32H,7-10,16,18-20H2,1H3. The first-order valence-electron chi connectivity index (χ1n) is 14.8. The smallest absolute Gasteiger partial charge is 0.416 e. The Morgan fingerprint density at radius 3 is 2.35 bits per heavy atom. The Hall–Kier alpha value is -4.01. The Bertz CT molecular complexity index is 1480. The summed E-state index contributed by atoms with van der Waals surface area (Å²) in [6.07, 6.45) is -1.41. The number of halogens is 3. The van der Waals surface area contributed by atoms with E-state index in [0.717, 1.165) is 43.4 Å². The van der Waals surface area contributed by atoms with E-state index >= 15 is 0 Å². The van der Waals surface area contributed by atoms with Crippen molar-refractivity contribution < 1.29 is 37.0 Å². The molecular weight excluding hydrogens is 559 g/mol. The monoisotopic (exact) mass is 593 g/mol. The van der Waals surface area contributed by atoms with Crippen LogP contribution in [0.4, 0.5) is 18.0 Å². The number of hydrogen-bond donors (Lipinski definition) is 0. The first-order chi connectivity index (χ1) is 20.7. The number of carbonyl (C=O) groups is 2. The minimum Gasteiger partial charge on any atom is -0.493 e. The van der Waals surface area contributed by atoms with Crippen molar-refractivity contribution in [3.63, 3.8) is 0 Å². The number of carbonyl (C=O) groups excluding carboxylic acids is 2. The second kappa shape index (κ2) is 11.9. The highest BCUT2D eigenvalue weighted by molar-refractivity contribution is 5.78. The Balaban J connectivity index is 1.34. The van der Waals surface area contributed by atoms with Gasteiger partial charge in [-0.15, -0.1) is 0 Å². The predicted molar refractivity (Wildman–Crippen MR) is 153 cm³/mol. The van der Waals surface area contributed by atoms with Gasteiger partial charge >= 0.3 is 18.2 Å². The minimum absolute atomic E-state index is 0.0346. The first kappa shape index (κ1) is 29.1. The van der Waals surface area contributed by atoms with E-state index in [1.165, 1.54) is 11.0 Å². The van der Waals surface area contributed by atoms with E-state index in [2.05, 4.69) is 0 Å². The fourth-order valence-corrected chi connectivity index (χ4v) is 5.38. The molecule has 226 valence electrons. The summed E-state index contributed by atoms with van der Waals surface area (Å²) in [6, 6.07) is 17.7. The van der Waals surface area contributed by atoms with Crippen LogP contribution in [0.2, 0.25) is 0 Å². The Labute approximate surface area is 248 Å². The largest absolute Gasteiger partial charge is 0.493 e. The maximum atomic E-state index is 13.9. The number of ether oxygens (including phenoxy) is 3. The highest BCUT2D eigenvalue weighted by atomic mass is 19.4. The van der Waals surface area contributed by atoms with Gasteiger partial charge in [0.25, 0.3) is 0 Å². The number of nitrogens with zero attached hydrogens (tertiary/aromatic N) is 1. The van der Waals surface area contributed by atoms with Crippen molar-refractivity contribution in [2.24, 2.45) is 11.8 Å². The molecule has 3 fully saturated rings. The predicted octanol–water partition coefficient (Wildman–Crippen LogP) is 7.74. The van der Waals surface area contributed by atoms with Crippen LogP contribution in [0.3, 0.4) is 0 Å². The summed E-state index contributed by atoms with van der Waals surface area (Å²) in [5.41, 5.74) is 2.03. The summed E-state index contributed by atoms with van der Waals surface area (Å²) in [5.74, 6) is 1.06. The minimum atomic E-state index is -4.57. The summed E-state index contributed by atoms with van der Waals surface area (Å²) < 4.78 is 59.0. The van der Waals surface area contributed by atoms with Crippen molar-refractivity contribution in [3.05, 3.63) is 89.0 Å². The summed E-state index contributed by atoms with van der Waals surface area (Å²) in [5, 5.41) is 0. The molecule has 3 aliphatic rings. The lowest BCUT2D eigenvalue weighted by Crippen LogP contribution is -2.31. The number of cyclic esters (lactones) is 1. The van der Waals surface area contributed by atoms with Crippen LogP contribution >= 0.6 is 0 Å². The summed E-state index contributed by atoms with van der Waals surface area (Å²) in [4.78, 5) is 27.0. The zero-order chi connectivity index (χ0) is 30.1. The van der Waals surface area contributed by atoms with E-state index in [0.29, 0.717) is 53.1 Å². The summed E-state index contributed by atoms with van der Waals surface area (Å²) in [7, 11) is 0. The van der Waals surface area contributed by atoms with Crippen molar-refractivity contribution in [2.45, 2.75) is 63.9 Å². The van der Waals surface area contributed by atoms with Gasteiger partial charge in [0.1, 0.15) is 11.9 Å². The number of rotatable bonds is 11. The van der Waals surface area contributed by atoms with Crippen LogP contribution in [0.1, 0.15) is 61.0 Å². The Kier molecular flexibility index (Phi) is 8.07. The van der Waals surface area contributed by atoms with Crippen LogP contribution in [0.5, 0.6) is 5.75 Å². The molecule has 2 unspecified atom stereocenters. The lowest BCUT2D eigenvalue weighted by Gasteiger charge is -2.24. The molecule has 6 nitrogen and oxygen atoms in total. The van der Waals surface area contributed by atoms with Gasteiger partial charge in [-0.1, -0.05) is 42.5 Å². The van der Waals surface area contributed by atoms with Gasteiger partial charge in [0.15, 0.2) is 0 Å². The molecular formula is C34H34F3NO5. The molecule has 1 aliphatic heterocycles. The highest BCUT2D eigenvalue weighted by Crippen LogP contribution is 2.41. The Morgan fingerprint density at radius 1 is 0.930 bits per heavy atom. The summed E-state index contributed by atoms with van der Waals surface area (Å²) in [6.45, 7) is 2.64. The molecule has 6 rings (SSSR count). The molecule has 0 spiro atoms. The normalized spacial score (nSPS) is 20.2. The van der Waals surface area contributed by atoms with Gasteiger partial charge in [-0.3, -0.25) is 9.69 Å². The average molecular weight is 594 g/mol. The number of benzene rings is 3. The van der Waals surface area contributed by atoms with Crippen LogP contribution in [0, 0.1) is 11.8 Å². The second-order valence-corrected chi connectivity index (χ2v) is 11.8. The average Bonchev–Trinajstić information content (AvgIpc) is 3.92. The molecule has 2 saturated carbocycles. The zero-order valence-corrected chi connectivity index (χ0v) is 23.9. The first-order valence-corrected chi connectivity index (χ1v) is 14.8. The van der Waals surface area contributed by atoms with Gasteiger partial charge in [0.05, 0.1) is 37.8 Å². The van der Waals surface area contributed by atoms with E-state index in [9.17, 15) is 22.8 Å². The molecule has 2 atom stereocenters. The zero-order valence-electron chi connectivity index (χ0n) is 23.9. The van der Waals surface area contributed by atoms with E-state index in [4.69, 9.17) is 14.2 Å². The molecule has 0 bridgehead atoms. The lowest BCUT2D eigenvalue weighted by atomic mass is 9.93. The van der Waals surface area contributed by atoms with Crippen LogP contribution in [0.25, 0.3) is 11.1 Å². The maximum Gasteiger partial charge on any atom is 0.416 e. The third-order valence-corrected chi connectivity index (χ3v) is 8.32. The molecule has 0 N–H and O–H groups in total. The molecule has 1 heterocycles. The number of hydrogen-bond acceptors (Lipinski definition) is 5. The SMILES string of the molecule is CC1C(c2ccccc2)OC(=O)N1Cc1cc(C(F)(F)F)ccc1-c1cc(CC(=O)OCC2CC2)ccc1OCC1CC1. The van der Waals surface area contributed by atoms with Gasteiger partial charge in [-0.25, -0.2) is 4.79 Å². The molecule has 0 aromatic heterocycles. The molecule has 43 heavy (non-hydrogen) atoms. The van der Waals surface area contributed by atoms with E-state index in [-0.39, 0.29) is 18.9 Å². The highest BCUT2D eigenvalue weighted by Gasteiger charge is 2.40. The van der Waals surface area contributed by atoms with Crippen molar-refractivity contribution in [1.29, 1.82) is 0 Å². The number of esters is 1. The fraction of sp³-hybridized carbons (Fsp3) is 0.412. The van der Waals surface area contributed by atoms with E-state index in [1.54, 1.807) is 18.2 Å². The molecule has 9 heteroatoms. The number of alkyl halides is 3. The quantitative estimate of drug-likeness (QED) is 0.213. The van der Waals surface area contributed by atoms with E-state index in [1.807, 2.05) is 37.3 Å². The fourth-order valence-electron chi connectivity index (χ4n) is 5.38. The molecule has 1 saturated heterocycles. The maximum absolute atomic E-state index is 13.9. The van der Waals surface area contributed by atoms with Gasteiger partial charge in [-0.2, -0.15) is 13.2 Å². The van der Waals surface area contributed by atoms with Crippen molar-refractivity contribution >= 4 is 12.1 Å². The second-order valence-electron chi connectivity index (χ2n) is 11.8. The molecule has 1 amide bonds. The van der Waals surface area contributed by atoms with Crippen LogP contribution in [-0.2, 0) is 33.4 Å². The topological polar surface area (TPSA) is 65.1 Å². The molecule has 0 radical (unpaired) electrons. The van der Waals surface area contributed by atoms with Crippen molar-refractivity contribution in [3.8, 4) is 16.9 Å². The van der Waals surface area contributed by atoms with Crippen LogP contribution < -0.4 is 4.74 Å². The van der Waals surface area contributed by atoms with Crippen LogP contribution in [0.15, 0.2) is 66.7 Å². The van der Waals surface area contributed by atoms with Crippen molar-refractivity contribution in [1.82, 2.24) is 4.90 Å². The van der Waals surface area contributed by atoms with Gasteiger partial charge < -0.3 is 14.2 Å². The third kappa shape index (κ3) is 6.98. The van der Waals surface area contributed by atoms with Crippen LogP contribution in [-0.4, -0.2) is 36.2 Å². The molecule has 2 aliphatic carbocycles. The van der Waals surface area contributed by atoms with Gasteiger partial charge in [0.2, 0.25) is 0 Å². The Morgan fingerprint density at radius 2 is 1.65 bits per heavy atom.